The van der Waals surface area contributed by atoms with E-state index < -0.39 is 5.97 Å². The van der Waals surface area contributed by atoms with Gasteiger partial charge in [-0.2, -0.15) is 0 Å². The zero-order chi connectivity index (χ0) is 33.3. The maximum absolute atomic E-state index is 10.5. The Morgan fingerprint density at radius 1 is 0.348 bits per heavy atom. The van der Waals surface area contributed by atoms with E-state index in [1.165, 1.54) is 199 Å². The molecule has 0 atom stereocenters. The highest BCUT2D eigenvalue weighted by Gasteiger charge is 1.98. The maximum Gasteiger partial charge on any atom is 0.303 e. The van der Waals surface area contributed by atoms with E-state index in [0.29, 0.717) is 6.42 Å². The summed E-state index contributed by atoms with van der Waals surface area (Å²) in [5.74, 6) is -0.649. The fraction of sp³-hybridized carbons (Fsp3) is 0.841. The van der Waals surface area contributed by atoms with Crippen LogP contribution in [0.1, 0.15) is 238 Å². The van der Waals surface area contributed by atoms with Crippen LogP contribution >= 0.6 is 0 Å². The molecule has 0 aromatic carbocycles. The second-order valence-corrected chi connectivity index (χ2v) is 14.2. The fourth-order valence-electron chi connectivity index (χ4n) is 6.42. The van der Waals surface area contributed by atoms with Crippen molar-refractivity contribution in [1.29, 1.82) is 0 Å². The number of unbranched alkanes of at least 4 members (excludes halogenated alkanes) is 31. The molecule has 2 heteroatoms. The Labute approximate surface area is 289 Å². The number of hydrogen-bond donors (Lipinski definition) is 1. The molecule has 0 aliphatic rings. The molecule has 0 aliphatic heterocycles. The summed E-state index contributed by atoms with van der Waals surface area (Å²) in [6.45, 7) is 2.28. The number of carboxylic acid groups (broad SMARTS) is 1. The third kappa shape index (κ3) is 42.7. The summed E-state index contributed by atoms with van der Waals surface area (Å²) in [6.07, 6.45) is 61.9. The smallest absolute Gasteiger partial charge is 0.303 e. The van der Waals surface area contributed by atoms with Crippen LogP contribution in [0.15, 0.2) is 36.5 Å². The second-order valence-electron chi connectivity index (χ2n) is 14.2. The van der Waals surface area contributed by atoms with Crippen molar-refractivity contribution in [3.05, 3.63) is 36.5 Å². The first-order valence-electron chi connectivity index (χ1n) is 20.9. The maximum atomic E-state index is 10.5. The van der Waals surface area contributed by atoms with Gasteiger partial charge in [-0.3, -0.25) is 4.79 Å². The second kappa shape index (κ2) is 41.7. The van der Waals surface area contributed by atoms with Gasteiger partial charge in [0.15, 0.2) is 0 Å². The van der Waals surface area contributed by atoms with Crippen LogP contribution in [-0.2, 0) is 4.79 Å². The van der Waals surface area contributed by atoms with Crippen molar-refractivity contribution in [3.8, 4) is 0 Å². The molecule has 0 rings (SSSR count). The fourth-order valence-corrected chi connectivity index (χ4v) is 6.42. The summed E-state index contributed by atoms with van der Waals surface area (Å²) in [4.78, 5) is 10.5. The quantitative estimate of drug-likeness (QED) is 0.0535. The minimum Gasteiger partial charge on any atom is -0.481 e. The van der Waals surface area contributed by atoms with Crippen LogP contribution in [0.2, 0.25) is 0 Å². The highest BCUT2D eigenvalue weighted by molar-refractivity contribution is 5.66. The van der Waals surface area contributed by atoms with Crippen LogP contribution in [0.3, 0.4) is 0 Å². The van der Waals surface area contributed by atoms with Gasteiger partial charge in [0.1, 0.15) is 0 Å². The first-order chi connectivity index (χ1) is 22.8. The average Bonchev–Trinajstić information content (AvgIpc) is 3.05. The minimum atomic E-state index is -0.649. The van der Waals surface area contributed by atoms with Gasteiger partial charge >= 0.3 is 5.97 Å². The lowest BCUT2D eigenvalue weighted by molar-refractivity contribution is -0.137. The van der Waals surface area contributed by atoms with Crippen LogP contribution in [0.5, 0.6) is 0 Å². The Bertz CT molecular complexity index is 661. The number of allylic oxidation sites excluding steroid dienone is 6. The summed E-state index contributed by atoms with van der Waals surface area (Å²) < 4.78 is 0. The highest BCUT2D eigenvalue weighted by Crippen LogP contribution is 2.16. The molecule has 0 aliphatic carbocycles. The Hall–Kier alpha value is -1.31. The van der Waals surface area contributed by atoms with E-state index in [1.54, 1.807) is 0 Å². The van der Waals surface area contributed by atoms with Crippen molar-refractivity contribution in [1.82, 2.24) is 0 Å². The molecule has 0 aromatic rings. The molecule has 46 heavy (non-hydrogen) atoms. The number of aliphatic carboxylic acids is 1. The van der Waals surface area contributed by atoms with Crippen LogP contribution in [0.25, 0.3) is 0 Å². The van der Waals surface area contributed by atoms with Crippen molar-refractivity contribution >= 4 is 5.97 Å². The van der Waals surface area contributed by atoms with E-state index >= 15 is 0 Å². The molecule has 0 fully saturated rings. The Morgan fingerprint density at radius 2 is 0.587 bits per heavy atom. The van der Waals surface area contributed by atoms with E-state index in [9.17, 15) is 4.79 Å². The number of carbonyl (C=O) groups is 1. The van der Waals surface area contributed by atoms with Gasteiger partial charge in [-0.05, 0) is 44.9 Å². The number of hydrogen-bond acceptors (Lipinski definition) is 1. The lowest BCUT2D eigenvalue weighted by Crippen LogP contribution is -1.93. The molecule has 0 amide bonds. The van der Waals surface area contributed by atoms with Gasteiger partial charge in [-0.15, -0.1) is 0 Å². The van der Waals surface area contributed by atoms with Crippen molar-refractivity contribution < 1.29 is 9.90 Å². The van der Waals surface area contributed by atoms with Crippen LogP contribution in [0, 0.1) is 0 Å². The molecular formula is C44H82O2. The topological polar surface area (TPSA) is 37.3 Å². The van der Waals surface area contributed by atoms with E-state index in [2.05, 4.69) is 43.4 Å². The molecule has 0 radical (unpaired) electrons. The Balaban J connectivity index is 3.15. The van der Waals surface area contributed by atoms with Crippen molar-refractivity contribution in [3.63, 3.8) is 0 Å². The minimum absolute atomic E-state index is 0.344. The van der Waals surface area contributed by atoms with Gasteiger partial charge in [-0.1, -0.05) is 223 Å². The zero-order valence-corrected chi connectivity index (χ0v) is 31.3. The van der Waals surface area contributed by atoms with Gasteiger partial charge in [0.2, 0.25) is 0 Å². The molecule has 0 bridgehead atoms. The van der Waals surface area contributed by atoms with Crippen molar-refractivity contribution in [2.24, 2.45) is 0 Å². The molecule has 0 spiro atoms. The molecular weight excluding hydrogens is 560 g/mol. The summed E-state index contributed by atoms with van der Waals surface area (Å²) in [5.41, 5.74) is 0. The van der Waals surface area contributed by atoms with Crippen LogP contribution in [-0.4, -0.2) is 11.1 Å². The van der Waals surface area contributed by atoms with E-state index in [0.717, 1.165) is 25.7 Å². The number of rotatable bonds is 39. The van der Waals surface area contributed by atoms with Crippen molar-refractivity contribution in [2.45, 2.75) is 238 Å². The third-order valence-corrected chi connectivity index (χ3v) is 9.53. The van der Waals surface area contributed by atoms with Gasteiger partial charge in [0.25, 0.3) is 0 Å². The third-order valence-electron chi connectivity index (χ3n) is 9.53. The molecule has 0 unspecified atom stereocenters. The first-order valence-corrected chi connectivity index (χ1v) is 20.9. The van der Waals surface area contributed by atoms with E-state index in [1.807, 2.05) is 0 Å². The molecule has 0 heterocycles. The Morgan fingerprint density at radius 3 is 0.870 bits per heavy atom. The highest BCUT2D eigenvalue weighted by atomic mass is 16.4. The molecule has 0 saturated heterocycles. The van der Waals surface area contributed by atoms with E-state index in [-0.39, 0.29) is 0 Å². The van der Waals surface area contributed by atoms with Crippen LogP contribution < -0.4 is 0 Å². The number of carboxylic acids is 1. The van der Waals surface area contributed by atoms with E-state index in [4.69, 9.17) is 5.11 Å². The van der Waals surface area contributed by atoms with Crippen molar-refractivity contribution in [2.75, 3.05) is 0 Å². The SMILES string of the molecule is CCCCCCC/C=C\C/C=C\C/C=C\CCCCCCCCCCCCCCCCCCCCCCCCCCCCC(=O)O. The first kappa shape index (κ1) is 44.7. The summed E-state index contributed by atoms with van der Waals surface area (Å²) >= 11 is 0. The summed E-state index contributed by atoms with van der Waals surface area (Å²) in [7, 11) is 0. The largest absolute Gasteiger partial charge is 0.481 e. The summed E-state index contributed by atoms with van der Waals surface area (Å²) in [5, 5.41) is 8.65. The van der Waals surface area contributed by atoms with Crippen LogP contribution in [0.4, 0.5) is 0 Å². The summed E-state index contributed by atoms with van der Waals surface area (Å²) in [6, 6.07) is 0. The molecule has 0 saturated carbocycles. The van der Waals surface area contributed by atoms with Gasteiger partial charge in [0.05, 0.1) is 0 Å². The lowest BCUT2D eigenvalue weighted by atomic mass is 10.0. The molecule has 1 N–H and O–H groups in total. The monoisotopic (exact) mass is 643 g/mol. The average molecular weight is 643 g/mol. The molecule has 270 valence electrons. The standard InChI is InChI=1S/C44H82O2/c1-2-3-4-5-6-7-8-9-10-11-12-13-14-15-16-17-18-19-20-21-22-23-24-25-26-27-28-29-30-31-32-33-34-35-36-37-38-39-40-41-42-43-44(45)46/h8-9,11-12,14-15H,2-7,10,13,16-43H2,1H3,(H,45,46)/b9-8-,12-11-,15-14-. The Kier molecular flexibility index (Phi) is 40.5. The lowest BCUT2D eigenvalue weighted by Gasteiger charge is -2.04. The normalized spacial score (nSPS) is 12.0. The van der Waals surface area contributed by atoms with Gasteiger partial charge < -0.3 is 5.11 Å². The zero-order valence-electron chi connectivity index (χ0n) is 31.3. The molecule has 2 nitrogen and oxygen atoms in total. The van der Waals surface area contributed by atoms with Gasteiger partial charge in [-0.25, -0.2) is 0 Å². The predicted octanol–water partition coefficient (Wildman–Crippen LogP) is 15.8. The predicted molar refractivity (Wildman–Crippen MR) is 207 cm³/mol. The molecule has 0 aromatic heterocycles. The van der Waals surface area contributed by atoms with Gasteiger partial charge in [0, 0.05) is 6.42 Å².